The second-order valence-corrected chi connectivity index (χ2v) is 8.90. The molecule has 1 saturated heterocycles. The number of piperidine rings is 1. The first kappa shape index (κ1) is 25.4. The Morgan fingerprint density at radius 1 is 1.09 bits per heavy atom. The number of nitrogens with one attached hydrogen (secondary N) is 2. The number of hydrogen-bond acceptors (Lipinski definition) is 4. The van der Waals surface area contributed by atoms with Crippen LogP contribution in [0.2, 0.25) is 0 Å². The van der Waals surface area contributed by atoms with Gasteiger partial charge in [-0.25, -0.2) is 0 Å². The van der Waals surface area contributed by atoms with Crippen LogP contribution in [0.5, 0.6) is 0 Å². The van der Waals surface area contributed by atoms with Crippen LogP contribution in [0.15, 0.2) is 60.2 Å². The topological polar surface area (TPSA) is 83.4 Å². The van der Waals surface area contributed by atoms with Crippen LogP contribution in [0.3, 0.4) is 0 Å². The number of carbonyl (C=O) groups is 2. The average molecular weight is 465 g/mol. The molecule has 7 heteroatoms. The van der Waals surface area contributed by atoms with Crippen molar-refractivity contribution in [1.29, 1.82) is 0 Å². The summed E-state index contributed by atoms with van der Waals surface area (Å²) in [6, 6.07) is 10.7. The van der Waals surface area contributed by atoms with Gasteiger partial charge < -0.3 is 20.1 Å². The number of hydrogen-bond donors (Lipinski definition) is 2. The van der Waals surface area contributed by atoms with E-state index in [0.29, 0.717) is 12.5 Å². The Bertz CT molecular complexity index is 1040. The van der Waals surface area contributed by atoms with E-state index in [1.165, 1.54) is 11.8 Å². The van der Waals surface area contributed by atoms with E-state index in [1.54, 1.807) is 16.8 Å². The lowest BCUT2D eigenvalue weighted by atomic mass is 9.89. The molecule has 1 unspecified atom stereocenters. The van der Waals surface area contributed by atoms with Gasteiger partial charge in [0.05, 0.1) is 0 Å². The maximum Gasteiger partial charge on any atom is 0.257 e. The monoisotopic (exact) mass is 464 g/mol. The summed E-state index contributed by atoms with van der Waals surface area (Å²) >= 11 is 0. The van der Waals surface area contributed by atoms with E-state index >= 15 is 0 Å². The number of carbonyl (C=O) groups excluding carboxylic acids is 2. The molecule has 1 aliphatic heterocycles. The van der Waals surface area contributed by atoms with Crippen LogP contribution in [-0.2, 0) is 0 Å². The molecule has 0 spiro atoms. The minimum Gasteiger partial charge on any atom is -0.351 e. The van der Waals surface area contributed by atoms with Gasteiger partial charge in [-0.15, -0.1) is 6.58 Å². The van der Waals surface area contributed by atoms with Crippen molar-refractivity contribution in [2.75, 3.05) is 32.7 Å². The largest absolute Gasteiger partial charge is 0.351 e. The lowest BCUT2D eigenvalue weighted by molar-refractivity contribution is 0.0943. The molecule has 1 aromatic carbocycles. The number of amides is 2. The number of rotatable bonds is 10. The molecule has 7 nitrogen and oxygen atoms in total. The summed E-state index contributed by atoms with van der Waals surface area (Å²) in [6.45, 7) is 11.0. The van der Waals surface area contributed by atoms with Gasteiger partial charge in [0.25, 0.3) is 11.8 Å². The maximum absolute atomic E-state index is 12.9. The SMILES string of the molecule is C=CCNC(=O)c1cn(C(C)CC)cc(C(=O)NCCN2CCC(c3ccccc3)CC2)c1=O. The van der Waals surface area contributed by atoms with E-state index in [1.807, 2.05) is 19.9 Å². The maximum atomic E-state index is 12.9. The first-order chi connectivity index (χ1) is 16.4. The number of benzene rings is 1. The zero-order chi connectivity index (χ0) is 24.5. The van der Waals surface area contributed by atoms with Gasteiger partial charge >= 0.3 is 0 Å². The third-order valence-electron chi connectivity index (χ3n) is 6.61. The summed E-state index contributed by atoms with van der Waals surface area (Å²) in [5, 5.41) is 5.51. The van der Waals surface area contributed by atoms with Gasteiger partial charge in [-0.3, -0.25) is 14.4 Å². The van der Waals surface area contributed by atoms with Crippen LogP contribution in [0.25, 0.3) is 0 Å². The fourth-order valence-corrected chi connectivity index (χ4v) is 4.28. The van der Waals surface area contributed by atoms with E-state index in [-0.39, 0.29) is 23.7 Å². The van der Waals surface area contributed by atoms with Crippen molar-refractivity contribution in [1.82, 2.24) is 20.1 Å². The minimum atomic E-state index is -0.553. The van der Waals surface area contributed by atoms with Crippen molar-refractivity contribution in [2.24, 2.45) is 0 Å². The first-order valence-corrected chi connectivity index (χ1v) is 12.1. The highest BCUT2D eigenvalue weighted by atomic mass is 16.2. The van der Waals surface area contributed by atoms with E-state index in [9.17, 15) is 14.4 Å². The van der Waals surface area contributed by atoms with Crippen molar-refractivity contribution >= 4 is 11.8 Å². The highest BCUT2D eigenvalue weighted by Crippen LogP contribution is 2.27. The van der Waals surface area contributed by atoms with E-state index in [2.05, 4.69) is 46.4 Å². The minimum absolute atomic E-state index is 0.00524. The van der Waals surface area contributed by atoms with Crippen LogP contribution >= 0.6 is 0 Å². The van der Waals surface area contributed by atoms with Crippen LogP contribution < -0.4 is 16.1 Å². The fourth-order valence-electron chi connectivity index (χ4n) is 4.28. The van der Waals surface area contributed by atoms with Crippen molar-refractivity contribution in [3.8, 4) is 0 Å². The van der Waals surface area contributed by atoms with Gasteiger partial charge in [-0.05, 0) is 50.8 Å². The molecular weight excluding hydrogens is 428 g/mol. The Hall–Kier alpha value is -3.19. The zero-order valence-electron chi connectivity index (χ0n) is 20.3. The summed E-state index contributed by atoms with van der Waals surface area (Å²) in [4.78, 5) is 40.7. The molecular formula is C27H36N4O3. The van der Waals surface area contributed by atoms with Gasteiger partial charge in [0.1, 0.15) is 11.1 Å². The van der Waals surface area contributed by atoms with Crippen molar-refractivity contribution in [2.45, 2.75) is 45.1 Å². The van der Waals surface area contributed by atoms with Crippen LogP contribution in [0.4, 0.5) is 0 Å². The fraction of sp³-hybridized carbons (Fsp3) is 0.444. The standard InChI is InChI=1S/C27H36N4O3/c1-4-13-28-26(33)23-18-31(20(3)5-2)19-24(25(23)32)27(34)29-14-17-30-15-11-22(12-16-30)21-9-7-6-8-10-21/h4,6-10,18-20,22H,1,5,11-17H2,2-3H3,(H,28,33)(H,29,34). The molecule has 0 saturated carbocycles. The summed E-state index contributed by atoms with van der Waals surface area (Å²) in [5.41, 5.74) is 0.805. The molecule has 34 heavy (non-hydrogen) atoms. The Kier molecular flexibility index (Phi) is 9.22. The van der Waals surface area contributed by atoms with E-state index in [0.717, 1.165) is 38.9 Å². The van der Waals surface area contributed by atoms with Crippen molar-refractivity contribution in [3.63, 3.8) is 0 Å². The molecule has 2 amide bonds. The highest BCUT2D eigenvalue weighted by molar-refractivity contribution is 5.99. The van der Waals surface area contributed by atoms with Crippen molar-refractivity contribution < 1.29 is 9.59 Å². The average Bonchev–Trinajstić information content (AvgIpc) is 2.87. The van der Waals surface area contributed by atoms with E-state index in [4.69, 9.17) is 0 Å². The van der Waals surface area contributed by atoms with Crippen LogP contribution in [0, 0.1) is 0 Å². The van der Waals surface area contributed by atoms with Crippen LogP contribution in [0.1, 0.15) is 71.3 Å². The number of aromatic nitrogens is 1. The Morgan fingerprint density at radius 3 is 2.29 bits per heavy atom. The van der Waals surface area contributed by atoms with Gasteiger partial charge in [0.15, 0.2) is 0 Å². The Labute approximate surface area is 201 Å². The quantitative estimate of drug-likeness (QED) is 0.528. The number of nitrogens with zero attached hydrogens (tertiary/aromatic N) is 2. The Morgan fingerprint density at radius 2 is 1.71 bits per heavy atom. The molecule has 2 aromatic rings. The predicted octanol–water partition coefficient (Wildman–Crippen LogP) is 3.34. The molecule has 1 fully saturated rings. The Balaban J connectivity index is 1.61. The van der Waals surface area contributed by atoms with Crippen molar-refractivity contribution in [3.05, 3.63) is 82.3 Å². The summed E-state index contributed by atoms with van der Waals surface area (Å²) in [6.07, 6.45) is 7.63. The molecule has 0 radical (unpaired) electrons. The summed E-state index contributed by atoms with van der Waals surface area (Å²) < 4.78 is 1.77. The summed E-state index contributed by atoms with van der Waals surface area (Å²) in [7, 11) is 0. The zero-order valence-corrected chi connectivity index (χ0v) is 20.3. The molecule has 0 aliphatic carbocycles. The molecule has 2 N–H and O–H groups in total. The van der Waals surface area contributed by atoms with Crippen LogP contribution in [-0.4, -0.2) is 54.0 Å². The number of likely N-dealkylation sites (tertiary alicyclic amines) is 1. The lowest BCUT2D eigenvalue weighted by Crippen LogP contribution is -2.41. The summed E-state index contributed by atoms with van der Waals surface area (Å²) in [5.74, 6) is -0.362. The number of pyridine rings is 1. The normalized spacial score (nSPS) is 15.5. The smallest absolute Gasteiger partial charge is 0.257 e. The molecule has 0 bridgehead atoms. The molecule has 2 heterocycles. The van der Waals surface area contributed by atoms with Gasteiger partial charge in [-0.1, -0.05) is 43.3 Å². The molecule has 1 aromatic heterocycles. The molecule has 1 atom stereocenters. The third kappa shape index (κ3) is 6.44. The predicted molar refractivity (Wildman–Crippen MR) is 135 cm³/mol. The molecule has 1 aliphatic rings. The highest BCUT2D eigenvalue weighted by Gasteiger charge is 2.22. The second kappa shape index (κ2) is 12.3. The van der Waals surface area contributed by atoms with E-state index < -0.39 is 17.2 Å². The second-order valence-electron chi connectivity index (χ2n) is 8.90. The lowest BCUT2D eigenvalue weighted by Gasteiger charge is -2.32. The molecule has 3 rings (SSSR count). The third-order valence-corrected chi connectivity index (χ3v) is 6.61. The van der Waals surface area contributed by atoms with Gasteiger partial charge in [0, 0.05) is 38.1 Å². The van der Waals surface area contributed by atoms with Gasteiger partial charge in [-0.2, -0.15) is 0 Å². The molecule has 182 valence electrons. The van der Waals surface area contributed by atoms with Gasteiger partial charge in [0.2, 0.25) is 5.43 Å². The first-order valence-electron chi connectivity index (χ1n) is 12.1.